The second kappa shape index (κ2) is 8.12. The fourth-order valence-corrected chi connectivity index (χ4v) is 4.08. The quantitative estimate of drug-likeness (QED) is 0.624. The van der Waals surface area contributed by atoms with Crippen LogP contribution < -0.4 is 9.47 Å². The van der Waals surface area contributed by atoms with Crippen molar-refractivity contribution < 1.29 is 18.3 Å². The fourth-order valence-electron chi connectivity index (χ4n) is 2.51. The van der Waals surface area contributed by atoms with Gasteiger partial charge in [-0.15, -0.1) is 0 Å². The number of rotatable bonds is 7. The third-order valence-electron chi connectivity index (χ3n) is 3.75. The maximum absolute atomic E-state index is 12.7. The van der Waals surface area contributed by atoms with Crippen molar-refractivity contribution in [3.8, 4) is 17.6 Å². The van der Waals surface area contributed by atoms with Gasteiger partial charge in [0, 0.05) is 0 Å². The molecular weight excluding hydrogens is 340 g/mol. The smallest absolute Gasteiger partial charge is 0.387 e. The van der Waals surface area contributed by atoms with Gasteiger partial charge in [-0.2, -0.15) is 14.0 Å². The summed E-state index contributed by atoms with van der Waals surface area (Å²) in [6, 6.07) is 16.5. The zero-order chi connectivity index (χ0) is 18.4. The van der Waals surface area contributed by atoms with E-state index < -0.39 is 14.7 Å². The van der Waals surface area contributed by atoms with Crippen LogP contribution in [0.25, 0.3) is 0 Å². The van der Waals surface area contributed by atoms with Gasteiger partial charge in [-0.05, 0) is 23.3 Å². The molecular formula is C19H21F2NO2Si. The van der Waals surface area contributed by atoms with Crippen molar-refractivity contribution in [2.45, 2.75) is 38.4 Å². The first kappa shape index (κ1) is 18.9. The maximum Gasteiger partial charge on any atom is 0.387 e. The van der Waals surface area contributed by atoms with E-state index >= 15 is 0 Å². The first-order valence-corrected chi connectivity index (χ1v) is 11.5. The molecule has 1 unspecified atom stereocenters. The topological polar surface area (TPSA) is 42.2 Å². The first-order valence-electron chi connectivity index (χ1n) is 7.96. The van der Waals surface area contributed by atoms with Gasteiger partial charge in [0.05, 0.1) is 19.7 Å². The van der Waals surface area contributed by atoms with Gasteiger partial charge in [-0.25, -0.2) is 0 Å². The fraction of sp³-hybridized carbons (Fsp3) is 0.316. The molecule has 0 N–H and O–H groups in total. The average molecular weight is 361 g/mol. The van der Waals surface area contributed by atoms with E-state index in [9.17, 15) is 14.0 Å². The molecule has 2 aromatic carbocycles. The van der Waals surface area contributed by atoms with Crippen LogP contribution in [0.4, 0.5) is 8.78 Å². The normalized spacial score (nSPS) is 12.5. The molecule has 25 heavy (non-hydrogen) atoms. The molecule has 1 atom stereocenters. The van der Waals surface area contributed by atoms with Gasteiger partial charge in [-0.3, -0.25) is 0 Å². The van der Waals surface area contributed by atoms with Crippen LogP contribution in [-0.4, -0.2) is 14.7 Å². The number of alkyl halides is 2. The Morgan fingerprint density at radius 1 is 1.04 bits per heavy atom. The highest BCUT2D eigenvalue weighted by Gasteiger charge is 2.29. The van der Waals surface area contributed by atoms with Crippen molar-refractivity contribution in [2.24, 2.45) is 0 Å². The number of nitriles is 1. The zero-order valence-electron chi connectivity index (χ0n) is 14.5. The summed E-state index contributed by atoms with van der Waals surface area (Å²) in [7, 11) is -1.79. The van der Waals surface area contributed by atoms with Gasteiger partial charge in [0.2, 0.25) is 0 Å². The Morgan fingerprint density at radius 3 is 2.28 bits per heavy atom. The highest BCUT2D eigenvalue weighted by molar-refractivity contribution is 6.78. The summed E-state index contributed by atoms with van der Waals surface area (Å²) in [5.74, 6) is 0.196. The van der Waals surface area contributed by atoms with Gasteiger partial charge in [0.1, 0.15) is 6.61 Å². The molecule has 0 heterocycles. The highest BCUT2D eigenvalue weighted by Crippen LogP contribution is 2.35. The molecule has 0 bridgehead atoms. The number of hydrogen-bond acceptors (Lipinski definition) is 3. The molecule has 0 aliphatic heterocycles. The Balaban J connectivity index is 2.32. The Hall–Kier alpha value is -2.39. The third-order valence-corrected chi connectivity index (χ3v) is 5.94. The molecule has 0 saturated heterocycles. The van der Waals surface area contributed by atoms with E-state index in [1.807, 2.05) is 30.3 Å². The number of hydrogen-bond donors (Lipinski definition) is 0. The molecule has 2 aromatic rings. The molecule has 0 aliphatic carbocycles. The summed E-state index contributed by atoms with van der Waals surface area (Å²) in [5.41, 5.74) is 1.43. The van der Waals surface area contributed by atoms with Crippen molar-refractivity contribution in [3.63, 3.8) is 0 Å². The Labute approximate surface area is 147 Å². The lowest BCUT2D eigenvalue weighted by molar-refractivity contribution is -0.0516. The van der Waals surface area contributed by atoms with Crippen LogP contribution in [0.3, 0.4) is 0 Å². The largest absolute Gasteiger partial charge is 0.485 e. The molecule has 0 aromatic heterocycles. The minimum absolute atomic E-state index is 0.0260. The maximum atomic E-state index is 12.7. The lowest BCUT2D eigenvalue weighted by atomic mass is 10.1. The lowest BCUT2D eigenvalue weighted by Gasteiger charge is -2.24. The monoisotopic (exact) mass is 361 g/mol. The number of nitrogens with zero attached hydrogens (tertiary/aromatic N) is 1. The predicted molar refractivity (Wildman–Crippen MR) is 95.5 cm³/mol. The van der Waals surface area contributed by atoms with Crippen molar-refractivity contribution in [2.75, 3.05) is 0 Å². The van der Waals surface area contributed by atoms with Gasteiger partial charge >= 0.3 is 6.61 Å². The third kappa shape index (κ3) is 5.30. The van der Waals surface area contributed by atoms with Crippen LogP contribution in [0.5, 0.6) is 11.5 Å². The molecule has 6 heteroatoms. The van der Waals surface area contributed by atoms with Crippen molar-refractivity contribution in [1.29, 1.82) is 5.26 Å². The standard InChI is InChI=1S/C19H21F2NO2Si/c1-25(2,3)18(12-22)15-9-10-16(24-19(20)21)17(11-15)23-13-14-7-5-4-6-8-14/h4-11,18-19H,13H2,1-3H3. The molecule has 0 radical (unpaired) electrons. The van der Waals surface area contributed by atoms with Crippen molar-refractivity contribution >= 4 is 8.07 Å². The molecule has 0 spiro atoms. The molecule has 2 rings (SSSR count). The highest BCUT2D eigenvalue weighted by atomic mass is 28.3. The van der Waals surface area contributed by atoms with E-state index in [1.54, 1.807) is 12.1 Å². The second-order valence-electron chi connectivity index (χ2n) is 6.79. The summed E-state index contributed by atoms with van der Waals surface area (Å²) in [6.07, 6.45) is 0. The van der Waals surface area contributed by atoms with E-state index in [2.05, 4.69) is 30.4 Å². The predicted octanol–water partition coefficient (Wildman–Crippen LogP) is 5.35. The van der Waals surface area contributed by atoms with Crippen LogP contribution in [0.2, 0.25) is 19.6 Å². The number of halogens is 2. The van der Waals surface area contributed by atoms with Crippen LogP contribution in [-0.2, 0) is 6.61 Å². The van der Waals surface area contributed by atoms with Gasteiger partial charge in [-0.1, -0.05) is 56.0 Å². The average Bonchev–Trinajstić information content (AvgIpc) is 2.54. The summed E-state index contributed by atoms with van der Waals surface area (Å²) >= 11 is 0. The molecule has 132 valence electrons. The van der Waals surface area contributed by atoms with Crippen LogP contribution in [0.15, 0.2) is 48.5 Å². The number of benzene rings is 2. The van der Waals surface area contributed by atoms with E-state index in [-0.39, 0.29) is 23.6 Å². The summed E-state index contributed by atoms with van der Waals surface area (Å²) in [4.78, 5) is 0. The molecule has 3 nitrogen and oxygen atoms in total. The SMILES string of the molecule is C[Si](C)(C)C(C#N)c1ccc(OC(F)F)c(OCc2ccccc2)c1. The lowest BCUT2D eigenvalue weighted by Crippen LogP contribution is -2.29. The van der Waals surface area contributed by atoms with E-state index in [4.69, 9.17) is 4.74 Å². The Morgan fingerprint density at radius 2 is 1.72 bits per heavy atom. The summed E-state index contributed by atoms with van der Waals surface area (Å²) < 4.78 is 35.6. The second-order valence-corrected chi connectivity index (χ2v) is 12.1. The van der Waals surface area contributed by atoms with Crippen LogP contribution in [0, 0.1) is 11.3 Å². The molecule has 0 amide bonds. The summed E-state index contributed by atoms with van der Waals surface area (Å²) in [6.45, 7) is 3.57. The van der Waals surface area contributed by atoms with Gasteiger partial charge < -0.3 is 9.47 Å². The molecule has 0 fully saturated rings. The van der Waals surface area contributed by atoms with Gasteiger partial charge in [0.15, 0.2) is 11.5 Å². The molecule has 0 aliphatic rings. The van der Waals surface area contributed by atoms with E-state index in [0.29, 0.717) is 0 Å². The van der Waals surface area contributed by atoms with Crippen LogP contribution >= 0.6 is 0 Å². The Bertz CT molecular complexity index is 739. The molecule has 0 saturated carbocycles. The minimum atomic E-state index is -2.94. The van der Waals surface area contributed by atoms with Crippen LogP contribution in [0.1, 0.15) is 16.7 Å². The van der Waals surface area contributed by atoms with Crippen molar-refractivity contribution in [1.82, 2.24) is 0 Å². The zero-order valence-corrected chi connectivity index (χ0v) is 15.5. The van der Waals surface area contributed by atoms with Gasteiger partial charge in [0.25, 0.3) is 0 Å². The Kier molecular flexibility index (Phi) is 6.15. The number of ether oxygens (including phenoxy) is 2. The van der Waals surface area contributed by atoms with E-state index in [0.717, 1.165) is 11.1 Å². The first-order chi connectivity index (χ1) is 11.8. The van der Waals surface area contributed by atoms with E-state index in [1.165, 1.54) is 6.07 Å². The summed E-state index contributed by atoms with van der Waals surface area (Å²) in [5, 5.41) is 9.52. The van der Waals surface area contributed by atoms with Crippen molar-refractivity contribution in [3.05, 3.63) is 59.7 Å². The minimum Gasteiger partial charge on any atom is -0.485 e.